The highest BCUT2D eigenvalue weighted by Gasteiger charge is 2.22. The Kier molecular flexibility index (Phi) is 3.39. The average Bonchev–Trinajstić information content (AvgIpc) is 2.67. The first kappa shape index (κ1) is 13.2. The van der Waals surface area contributed by atoms with Gasteiger partial charge in [0.2, 0.25) is 5.95 Å². The highest BCUT2D eigenvalue weighted by molar-refractivity contribution is 9.10. The third-order valence-electron chi connectivity index (χ3n) is 4.18. The van der Waals surface area contributed by atoms with Crippen LogP contribution in [0.5, 0.6) is 0 Å². The number of hydrogen-bond acceptors (Lipinski definition) is 4. The molecule has 108 valence electrons. The van der Waals surface area contributed by atoms with Crippen LogP contribution in [0.2, 0.25) is 0 Å². The van der Waals surface area contributed by atoms with E-state index in [0.29, 0.717) is 0 Å². The van der Waals surface area contributed by atoms with Gasteiger partial charge in [0.05, 0.1) is 5.69 Å². The number of nitrogens with one attached hydrogen (secondary N) is 1. The van der Waals surface area contributed by atoms with Gasteiger partial charge in [0.25, 0.3) is 0 Å². The van der Waals surface area contributed by atoms with Crippen LogP contribution in [0.3, 0.4) is 0 Å². The van der Waals surface area contributed by atoms with Crippen molar-refractivity contribution in [2.45, 2.75) is 12.8 Å². The Morgan fingerprint density at radius 2 is 2.10 bits per heavy atom. The molecule has 1 aromatic heterocycles. The SMILES string of the molecule is Brc1ccc2c(c1)Cc1cnc(N3CCCNCC3)nc1-2. The van der Waals surface area contributed by atoms with Crippen LogP contribution in [0.4, 0.5) is 5.95 Å². The number of hydrogen-bond donors (Lipinski definition) is 1. The van der Waals surface area contributed by atoms with Crippen molar-refractivity contribution >= 4 is 21.9 Å². The minimum absolute atomic E-state index is 0.869. The first-order chi connectivity index (χ1) is 10.3. The summed E-state index contributed by atoms with van der Waals surface area (Å²) in [6, 6.07) is 6.43. The third kappa shape index (κ3) is 2.45. The smallest absolute Gasteiger partial charge is 0.225 e. The predicted octanol–water partition coefficient (Wildman–Crippen LogP) is 2.61. The molecule has 0 bridgehead atoms. The van der Waals surface area contributed by atoms with E-state index in [0.717, 1.165) is 55.1 Å². The van der Waals surface area contributed by atoms with Crippen molar-refractivity contribution in [3.63, 3.8) is 0 Å². The molecule has 0 unspecified atom stereocenters. The van der Waals surface area contributed by atoms with Crippen molar-refractivity contribution < 1.29 is 0 Å². The quantitative estimate of drug-likeness (QED) is 0.736. The van der Waals surface area contributed by atoms with E-state index in [1.807, 2.05) is 6.20 Å². The molecule has 21 heavy (non-hydrogen) atoms. The topological polar surface area (TPSA) is 41.1 Å². The van der Waals surface area contributed by atoms with E-state index in [1.165, 1.54) is 16.7 Å². The van der Waals surface area contributed by atoms with Crippen molar-refractivity contribution in [1.29, 1.82) is 0 Å². The van der Waals surface area contributed by atoms with E-state index < -0.39 is 0 Å². The summed E-state index contributed by atoms with van der Waals surface area (Å²) in [7, 11) is 0. The molecule has 1 aromatic carbocycles. The summed E-state index contributed by atoms with van der Waals surface area (Å²) in [6.07, 6.45) is 4.08. The Bertz CT molecular complexity index is 678. The van der Waals surface area contributed by atoms with Crippen molar-refractivity contribution in [1.82, 2.24) is 15.3 Å². The third-order valence-corrected chi connectivity index (χ3v) is 4.67. The molecule has 4 nitrogen and oxygen atoms in total. The number of rotatable bonds is 1. The fourth-order valence-corrected chi connectivity index (χ4v) is 3.51. The van der Waals surface area contributed by atoms with Crippen LogP contribution >= 0.6 is 15.9 Å². The largest absolute Gasteiger partial charge is 0.339 e. The van der Waals surface area contributed by atoms with Gasteiger partial charge in [-0.1, -0.05) is 22.0 Å². The molecule has 2 aromatic rings. The van der Waals surface area contributed by atoms with Crippen LogP contribution in [0.25, 0.3) is 11.3 Å². The van der Waals surface area contributed by atoms with Gasteiger partial charge in [-0.05, 0) is 30.7 Å². The second-order valence-electron chi connectivity index (χ2n) is 5.61. The monoisotopic (exact) mass is 344 g/mol. The molecule has 2 heterocycles. The molecular weight excluding hydrogens is 328 g/mol. The number of anilines is 1. The average molecular weight is 345 g/mol. The molecule has 1 N–H and O–H groups in total. The van der Waals surface area contributed by atoms with Crippen molar-refractivity contribution in [2.75, 3.05) is 31.1 Å². The Balaban J connectivity index is 1.71. The number of nitrogens with zero attached hydrogens (tertiary/aromatic N) is 3. The Labute approximate surface area is 132 Å². The fourth-order valence-electron chi connectivity index (χ4n) is 3.10. The summed E-state index contributed by atoms with van der Waals surface area (Å²) in [4.78, 5) is 11.7. The summed E-state index contributed by atoms with van der Waals surface area (Å²) in [5, 5.41) is 3.42. The van der Waals surface area contributed by atoms with Gasteiger partial charge in [0.15, 0.2) is 0 Å². The van der Waals surface area contributed by atoms with Crippen LogP contribution in [0, 0.1) is 0 Å². The van der Waals surface area contributed by atoms with E-state index >= 15 is 0 Å². The minimum Gasteiger partial charge on any atom is -0.339 e. The molecule has 0 amide bonds. The lowest BCUT2D eigenvalue weighted by atomic mass is 10.1. The van der Waals surface area contributed by atoms with Gasteiger partial charge in [-0.3, -0.25) is 0 Å². The molecule has 1 aliphatic heterocycles. The maximum atomic E-state index is 4.86. The molecule has 2 aliphatic rings. The fraction of sp³-hybridized carbons (Fsp3) is 0.375. The van der Waals surface area contributed by atoms with Crippen LogP contribution in [-0.2, 0) is 6.42 Å². The van der Waals surface area contributed by atoms with E-state index in [2.05, 4.69) is 49.3 Å². The van der Waals surface area contributed by atoms with Gasteiger partial charge in [0.1, 0.15) is 0 Å². The van der Waals surface area contributed by atoms with Gasteiger partial charge in [-0.25, -0.2) is 9.97 Å². The lowest BCUT2D eigenvalue weighted by Crippen LogP contribution is -2.29. The number of fused-ring (bicyclic) bond motifs is 3. The Morgan fingerprint density at radius 1 is 1.14 bits per heavy atom. The van der Waals surface area contributed by atoms with E-state index in [4.69, 9.17) is 4.98 Å². The zero-order valence-electron chi connectivity index (χ0n) is 11.8. The first-order valence-corrected chi connectivity index (χ1v) is 8.21. The second kappa shape index (κ2) is 5.39. The molecule has 0 spiro atoms. The Hall–Kier alpha value is -1.46. The minimum atomic E-state index is 0.869. The van der Waals surface area contributed by atoms with E-state index in [1.54, 1.807) is 0 Å². The summed E-state index contributed by atoms with van der Waals surface area (Å²) >= 11 is 3.54. The van der Waals surface area contributed by atoms with Gasteiger partial charge < -0.3 is 10.2 Å². The first-order valence-electron chi connectivity index (χ1n) is 7.41. The molecule has 0 atom stereocenters. The molecule has 5 heteroatoms. The Morgan fingerprint density at radius 3 is 3.05 bits per heavy atom. The van der Waals surface area contributed by atoms with Gasteiger partial charge >= 0.3 is 0 Å². The highest BCUT2D eigenvalue weighted by atomic mass is 79.9. The number of aromatic nitrogens is 2. The summed E-state index contributed by atoms with van der Waals surface area (Å²) in [5.41, 5.74) is 4.94. The predicted molar refractivity (Wildman–Crippen MR) is 87.7 cm³/mol. The molecule has 1 saturated heterocycles. The number of halogens is 1. The zero-order chi connectivity index (χ0) is 14.2. The van der Waals surface area contributed by atoms with Gasteiger partial charge in [-0.15, -0.1) is 0 Å². The highest BCUT2D eigenvalue weighted by Crippen LogP contribution is 2.36. The van der Waals surface area contributed by atoms with E-state index in [-0.39, 0.29) is 0 Å². The van der Waals surface area contributed by atoms with Crippen molar-refractivity contribution in [3.05, 3.63) is 40.0 Å². The molecule has 0 saturated carbocycles. The van der Waals surface area contributed by atoms with E-state index in [9.17, 15) is 0 Å². The van der Waals surface area contributed by atoms with Crippen LogP contribution in [0.1, 0.15) is 17.5 Å². The molecule has 1 fully saturated rings. The molecular formula is C16H17BrN4. The molecule has 0 radical (unpaired) electrons. The second-order valence-corrected chi connectivity index (χ2v) is 6.53. The standard InChI is InChI=1S/C16H17BrN4/c17-13-2-3-14-11(9-13)8-12-10-19-16(20-15(12)14)21-6-1-4-18-5-7-21/h2-3,9-10,18H,1,4-8H2. The van der Waals surface area contributed by atoms with Crippen LogP contribution < -0.4 is 10.2 Å². The van der Waals surface area contributed by atoms with Gasteiger partial charge in [0, 0.05) is 47.9 Å². The lowest BCUT2D eigenvalue weighted by molar-refractivity contribution is 0.724. The van der Waals surface area contributed by atoms with Crippen LogP contribution in [0.15, 0.2) is 28.9 Å². The summed E-state index contributed by atoms with van der Waals surface area (Å²) < 4.78 is 1.13. The molecule has 1 aliphatic carbocycles. The maximum absolute atomic E-state index is 4.86. The van der Waals surface area contributed by atoms with Crippen LogP contribution in [-0.4, -0.2) is 36.1 Å². The van der Waals surface area contributed by atoms with Crippen molar-refractivity contribution in [3.8, 4) is 11.3 Å². The zero-order valence-corrected chi connectivity index (χ0v) is 13.4. The lowest BCUT2D eigenvalue weighted by Gasteiger charge is -2.20. The number of benzene rings is 1. The van der Waals surface area contributed by atoms with Crippen molar-refractivity contribution in [2.24, 2.45) is 0 Å². The summed E-state index contributed by atoms with van der Waals surface area (Å²) in [5.74, 6) is 0.869. The maximum Gasteiger partial charge on any atom is 0.225 e. The normalized spacial score (nSPS) is 17.3. The van der Waals surface area contributed by atoms with Gasteiger partial charge in [-0.2, -0.15) is 0 Å². The molecule has 4 rings (SSSR count). The summed E-state index contributed by atoms with van der Waals surface area (Å²) in [6.45, 7) is 4.09.